The van der Waals surface area contributed by atoms with Gasteiger partial charge in [-0.1, -0.05) is 37.8 Å². The van der Waals surface area contributed by atoms with Crippen LogP contribution in [0.2, 0.25) is 0 Å². The van der Waals surface area contributed by atoms with Gasteiger partial charge in [0.05, 0.1) is 0 Å². The first-order valence-electron chi connectivity index (χ1n) is 6.58. The minimum Gasteiger partial charge on any atom is -0.207 e. The van der Waals surface area contributed by atoms with Crippen molar-refractivity contribution in [2.24, 2.45) is 5.92 Å². The number of benzene rings is 1. The molecular formula is C15H19Cl2F. The highest BCUT2D eigenvalue weighted by atomic mass is 35.5. The molecule has 100 valence electrons. The van der Waals surface area contributed by atoms with Crippen LogP contribution < -0.4 is 0 Å². The van der Waals surface area contributed by atoms with Gasteiger partial charge < -0.3 is 0 Å². The summed E-state index contributed by atoms with van der Waals surface area (Å²) in [6.45, 7) is 0. The van der Waals surface area contributed by atoms with E-state index in [1.807, 2.05) is 12.1 Å². The summed E-state index contributed by atoms with van der Waals surface area (Å²) in [5.41, 5.74) is 0.868. The van der Waals surface area contributed by atoms with E-state index in [9.17, 15) is 4.39 Å². The van der Waals surface area contributed by atoms with Gasteiger partial charge in [0, 0.05) is 17.2 Å². The van der Waals surface area contributed by atoms with Crippen LogP contribution in [0.5, 0.6) is 0 Å². The third-order valence-corrected chi connectivity index (χ3v) is 5.15. The van der Waals surface area contributed by atoms with Crippen LogP contribution in [-0.4, -0.2) is 11.8 Å². The lowest BCUT2D eigenvalue weighted by molar-refractivity contribution is 0.372. The molecule has 0 amide bonds. The smallest absolute Gasteiger partial charge is 0.123 e. The SMILES string of the molecule is Fc1ccc(C(CCl)(CCl)CC2CCCC2)cc1. The van der Waals surface area contributed by atoms with Gasteiger partial charge in [-0.2, -0.15) is 0 Å². The molecule has 0 heterocycles. The van der Waals surface area contributed by atoms with Crippen LogP contribution in [0.15, 0.2) is 24.3 Å². The van der Waals surface area contributed by atoms with E-state index in [2.05, 4.69) is 0 Å². The molecule has 3 heteroatoms. The first-order chi connectivity index (χ1) is 8.70. The van der Waals surface area contributed by atoms with Gasteiger partial charge in [-0.05, 0) is 30.0 Å². The number of hydrogen-bond donors (Lipinski definition) is 0. The molecule has 0 N–H and O–H groups in total. The molecule has 1 aliphatic rings. The van der Waals surface area contributed by atoms with Crippen molar-refractivity contribution in [3.63, 3.8) is 0 Å². The fraction of sp³-hybridized carbons (Fsp3) is 0.600. The first-order valence-corrected chi connectivity index (χ1v) is 7.65. The third kappa shape index (κ3) is 3.00. The highest BCUT2D eigenvalue weighted by Crippen LogP contribution is 2.39. The molecule has 1 aliphatic carbocycles. The zero-order valence-electron chi connectivity index (χ0n) is 10.5. The molecule has 0 aliphatic heterocycles. The second kappa shape index (κ2) is 6.25. The minimum atomic E-state index is -0.210. The largest absolute Gasteiger partial charge is 0.207 e. The summed E-state index contributed by atoms with van der Waals surface area (Å²) in [5.74, 6) is 1.50. The number of alkyl halides is 2. The number of rotatable bonds is 5. The van der Waals surface area contributed by atoms with Crippen LogP contribution >= 0.6 is 23.2 Å². The standard InChI is InChI=1S/C15H19Cl2F/c16-10-15(11-17,9-12-3-1-2-4-12)13-5-7-14(18)8-6-13/h5-8,12H,1-4,9-11H2. The lowest BCUT2D eigenvalue weighted by Gasteiger charge is -2.33. The Bertz CT molecular complexity index is 365. The zero-order valence-corrected chi connectivity index (χ0v) is 12.0. The predicted molar refractivity (Wildman–Crippen MR) is 76.1 cm³/mol. The molecule has 0 bridgehead atoms. The van der Waals surface area contributed by atoms with E-state index in [-0.39, 0.29) is 11.2 Å². The topological polar surface area (TPSA) is 0 Å². The van der Waals surface area contributed by atoms with Crippen molar-refractivity contribution >= 4 is 23.2 Å². The monoisotopic (exact) mass is 288 g/mol. The molecule has 1 aromatic rings. The molecule has 0 unspecified atom stereocenters. The summed E-state index contributed by atoms with van der Waals surface area (Å²) in [6.07, 6.45) is 6.20. The highest BCUT2D eigenvalue weighted by molar-refractivity contribution is 6.22. The molecule has 1 fully saturated rings. The van der Waals surface area contributed by atoms with Crippen molar-refractivity contribution in [2.45, 2.75) is 37.5 Å². The van der Waals surface area contributed by atoms with Gasteiger partial charge in [0.15, 0.2) is 0 Å². The highest BCUT2D eigenvalue weighted by Gasteiger charge is 2.34. The summed E-state index contributed by atoms with van der Waals surface area (Å²) in [7, 11) is 0. The third-order valence-electron chi connectivity index (χ3n) is 4.12. The molecular weight excluding hydrogens is 270 g/mol. The molecule has 0 saturated heterocycles. The van der Waals surface area contributed by atoms with E-state index in [4.69, 9.17) is 23.2 Å². The Hall–Kier alpha value is -0.270. The number of halogens is 3. The second-order valence-electron chi connectivity index (χ2n) is 5.41. The van der Waals surface area contributed by atoms with E-state index in [1.54, 1.807) is 0 Å². The first kappa shape index (κ1) is 14.1. The van der Waals surface area contributed by atoms with Gasteiger partial charge in [0.1, 0.15) is 5.82 Å². The van der Waals surface area contributed by atoms with Crippen molar-refractivity contribution in [3.8, 4) is 0 Å². The van der Waals surface area contributed by atoms with Crippen LogP contribution in [0.1, 0.15) is 37.7 Å². The Kier molecular flexibility index (Phi) is 4.91. The van der Waals surface area contributed by atoms with E-state index in [0.717, 1.165) is 12.0 Å². The van der Waals surface area contributed by atoms with Crippen molar-refractivity contribution in [1.29, 1.82) is 0 Å². The van der Waals surface area contributed by atoms with Gasteiger partial charge in [0.2, 0.25) is 0 Å². The van der Waals surface area contributed by atoms with Crippen LogP contribution in [0.25, 0.3) is 0 Å². The molecule has 1 saturated carbocycles. The lowest BCUT2D eigenvalue weighted by Crippen LogP contribution is -2.33. The zero-order chi connectivity index (χ0) is 13.0. The van der Waals surface area contributed by atoms with E-state index in [1.165, 1.54) is 37.8 Å². The Balaban J connectivity index is 2.21. The summed E-state index contributed by atoms with van der Waals surface area (Å²) >= 11 is 12.4. The normalized spacial score (nSPS) is 17.3. The van der Waals surface area contributed by atoms with Crippen molar-refractivity contribution < 1.29 is 4.39 Å². The molecule has 18 heavy (non-hydrogen) atoms. The van der Waals surface area contributed by atoms with E-state index < -0.39 is 0 Å². The van der Waals surface area contributed by atoms with Gasteiger partial charge in [-0.3, -0.25) is 0 Å². The molecule has 1 aromatic carbocycles. The summed E-state index contributed by atoms with van der Waals surface area (Å²) in [6, 6.07) is 6.65. The number of hydrogen-bond acceptors (Lipinski definition) is 0. The molecule has 0 radical (unpaired) electrons. The van der Waals surface area contributed by atoms with E-state index >= 15 is 0 Å². The summed E-state index contributed by atoms with van der Waals surface area (Å²) in [4.78, 5) is 0. The maximum absolute atomic E-state index is 13.0. The van der Waals surface area contributed by atoms with Crippen LogP contribution in [0.4, 0.5) is 4.39 Å². The minimum absolute atomic E-state index is 0.203. The fourth-order valence-corrected chi connectivity index (χ4v) is 3.80. The maximum Gasteiger partial charge on any atom is 0.123 e. The Morgan fingerprint density at radius 1 is 1.06 bits per heavy atom. The van der Waals surface area contributed by atoms with Crippen LogP contribution in [0.3, 0.4) is 0 Å². The van der Waals surface area contributed by atoms with Gasteiger partial charge in [0.25, 0.3) is 0 Å². The molecule has 0 spiro atoms. The average molecular weight is 289 g/mol. The predicted octanol–water partition coefficient (Wildman–Crippen LogP) is 5.12. The molecule has 0 nitrogen and oxygen atoms in total. The Morgan fingerprint density at radius 2 is 1.61 bits per heavy atom. The summed E-state index contributed by atoms with van der Waals surface area (Å²) in [5, 5.41) is 0. The van der Waals surface area contributed by atoms with Crippen molar-refractivity contribution in [1.82, 2.24) is 0 Å². The van der Waals surface area contributed by atoms with Gasteiger partial charge in [-0.15, -0.1) is 23.2 Å². The van der Waals surface area contributed by atoms with Crippen LogP contribution in [-0.2, 0) is 5.41 Å². The fourth-order valence-electron chi connectivity index (χ4n) is 2.99. The Morgan fingerprint density at radius 3 is 2.11 bits per heavy atom. The molecule has 2 rings (SSSR count). The molecule has 0 atom stereocenters. The Labute approximate surface area is 118 Å². The lowest BCUT2D eigenvalue weighted by atomic mass is 9.76. The average Bonchev–Trinajstić information content (AvgIpc) is 2.90. The maximum atomic E-state index is 13.0. The van der Waals surface area contributed by atoms with Crippen molar-refractivity contribution in [2.75, 3.05) is 11.8 Å². The van der Waals surface area contributed by atoms with Crippen LogP contribution in [0, 0.1) is 11.7 Å². The van der Waals surface area contributed by atoms with E-state index in [0.29, 0.717) is 17.7 Å². The van der Waals surface area contributed by atoms with Gasteiger partial charge >= 0.3 is 0 Å². The summed E-state index contributed by atoms with van der Waals surface area (Å²) < 4.78 is 13.0. The second-order valence-corrected chi connectivity index (χ2v) is 5.94. The molecule has 0 aromatic heterocycles. The quantitative estimate of drug-likeness (QED) is 0.660. The van der Waals surface area contributed by atoms with Crippen molar-refractivity contribution in [3.05, 3.63) is 35.6 Å². The van der Waals surface area contributed by atoms with Gasteiger partial charge in [-0.25, -0.2) is 4.39 Å².